The molecule has 0 aliphatic heterocycles. The molecular formula is C12H15N3OS. The van der Waals surface area contributed by atoms with Gasteiger partial charge in [0.05, 0.1) is 15.7 Å². The zero-order valence-corrected chi connectivity index (χ0v) is 10.8. The van der Waals surface area contributed by atoms with Crippen molar-refractivity contribution in [1.82, 2.24) is 9.88 Å². The van der Waals surface area contributed by atoms with Gasteiger partial charge in [0.15, 0.2) is 0 Å². The molecule has 0 saturated heterocycles. The van der Waals surface area contributed by atoms with Crippen molar-refractivity contribution in [1.29, 1.82) is 0 Å². The summed E-state index contributed by atoms with van der Waals surface area (Å²) in [5.41, 5.74) is 3.59. The summed E-state index contributed by atoms with van der Waals surface area (Å²) < 4.78 is 1.09. The average molecular weight is 249 g/mol. The molecule has 1 aromatic heterocycles. The second-order valence-corrected chi connectivity index (χ2v) is 4.52. The van der Waals surface area contributed by atoms with Crippen molar-refractivity contribution in [2.75, 3.05) is 18.4 Å². The van der Waals surface area contributed by atoms with Crippen molar-refractivity contribution in [3.63, 3.8) is 0 Å². The molecule has 1 heterocycles. The highest BCUT2D eigenvalue weighted by molar-refractivity contribution is 7.16. The number of fused-ring (bicyclic) bond motifs is 1. The number of carbonyl (C=O) groups is 1. The lowest BCUT2D eigenvalue weighted by Crippen LogP contribution is -2.34. The smallest absolute Gasteiger partial charge is 0.321 e. The summed E-state index contributed by atoms with van der Waals surface area (Å²) in [6, 6.07) is 5.69. The monoisotopic (exact) mass is 249 g/mol. The van der Waals surface area contributed by atoms with Gasteiger partial charge in [0.25, 0.3) is 0 Å². The molecule has 0 spiro atoms. The topological polar surface area (TPSA) is 45.2 Å². The maximum atomic E-state index is 11.9. The molecule has 0 unspecified atom stereocenters. The summed E-state index contributed by atoms with van der Waals surface area (Å²) in [4.78, 5) is 17.8. The van der Waals surface area contributed by atoms with E-state index < -0.39 is 0 Å². The van der Waals surface area contributed by atoms with Crippen molar-refractivity contribution in [2.45, 2.75) is 13.8 Å². The Morgan fingerprint density at radius 3 is 2.88 bits per heavy atom. The number of amides is 2. The molecule has 2 amide bonds. The number of nitrogens with one attached hydrogen (secondary N) is 1. The first-order chi connectivity index (χ1) is 8.24. The van der Waals surface area contributed by atoms with E-state index in [-0.39, 0.29) is 6.03 Å². The van der Waals surface area contributed by atoms with Gasteiger partial charge in [-0.15, -0.1) is 11.3 Å². The lowest BCUT2D eigenvalue weighted by Gasteiger charge is -2.19. The fraction of sp³-hybridized carbons (Fsp3) is 0.333. The molecule has 0 atom stereocenters. The number of carbonyl (C=O) groups excluding carboxylic acids is 1. The second kappa shape index (κ2) is 5.14. The number of rotatable bonds is 3. The SMILES string of the molecule is CCN(CC)C(=O)Nc1ccc2ncsc2c1. The Morgan fingerprint density at radius 2 is 2.18 bits per heavy atom. The van der Waals surface area contributed by atoms with Gasteiger partial charge in [-0.25, -0.2) is 9.78 Å². The standard InChI is InChI=1S/C12H15N3OS/c1-3-15(4-2)12(16)14-9-5-6-10-11(7-9)17-8-13-10/h5-8H,3-4H2,1-2H3,(H,14,16). The summed E-state index contributed by atoms with van der Waals surface area (Å²) in [6.45, 7) is 5.36. The summed E-state index contributed by atoms with van der Waals surface area (Å²) in [5, 5.41) is 2.89. The van der Waals surface area contributed by atoms with Crippen molar-refractivity contribution in [3.05, 3.63) is 23.7 Å². The van der Waals surface area contributed by atoms with Gasteiger partial charge in [0.2, 0.25) is 0 Å². The first kappa shape index (κ1) is 11.9. The Morgan fingerprint density at radius 1 is 1.41 bits per heavy atom. The van der Waals surface area contributed by atoms with Gasteiger partial charge in [0, 0.05) is 18.8 Å². The molecule has 0 aliphatic carbocycles. The molecule has 0 aliphatic rings. The van der Waals surface area contributed by atoms with Gasteiger partial charge < -0.3 is 10.2 Å². The fourth-order valence-electron chi connectivity index (χ4n) is 1.65. The summed E-state index contributed by atoms with van der Waals surface area (Å²) in [5.74, 6) is 0. The average Bonchev–Trinajstić information content (AvgIpc) is 2.77. The van der Waals surface area contributed by atoms with E-state index in [2.05, 4.69) is 10.3 Å². The van der Waals surface area contributed by atoms with Gasteiger partial charge in [-0.05, 0) is 32.0 Å². The van der Waals surface area contributed by atoms with E-state index >= 15 is 0 Å². The number of anilines is 1. The van der Waals surface area contributed by atoms with Crippen molar-refractivity contribution in [3.8, 4) is 0 Å². The summed E-state index contributed by atoms with van der Waals surface area (Å²) >= 11 is 1.57. The van der Waals surface area contributed by atoms with Crippen LogP contribution in [0, 0.1) is 0 Å². The molecule has 0 fully saturated rings. The van der Waals surface area contributed by atoms with E-state index in [4.69, 9.17) is 0 Å². The maximum Gasteiger partial charge on any atom is 0.321 e. The van der Waals surface area contributed by atoms with Crippen LogP contribution in [0.25, 0.3) is 10.2 Å². The minimum Gasteiger partial charge on any atom is -0.325 e. The number of hydrogen-bond acceptors (Lipinski definition) is 3. The fourth-order valence-corrected chi connectivity index (χ4v) is 2.36. The Bertz CT molecular complexity index is 519. The Labute approximate surface area is 104 Å². The number of benzene rings is 1. The van der Waals surface area contributed by atoms with Gasteiger partial charge in [-0.2, -0.15) is 0 Å². The third kappa shape index (κ3) is 2.55. The Balaban J connectivity index is 2.14. The second-order valence-electron chi connectivity index (χ2n) is 3.64. The lowest BCUT2D eigenvalue weighted by atomic mass is 10.3. The van der Waals surface area contributed by atoms with E-state index in [1.165, 1.54) is 0 Å². The third-order valence-corrected chi connectivity index (χ3v) is 3.42. The Kier molecular flexibility index (Phi) is 3.58. The van der Waals surface area contributed by atoms with E-state index in [0.29, 0.717) is 13.1 Å². The number of aromatic nitrogens is 1. The number of thiazole rings is 1. The van der Waals surface area contributed by atoms with E-state index in [1.54, 1.807) is 21.7 Å². The van der Waals surface area contributed by atoms with Crippen LogP contribution in [-0.4, -0.2) is 29.0 Å². The predicted molar refractivity (Wildman–Crippen MR) is 71.6 cm³/mol. The maximum absolute atomic E-state index is 11.9. The highest BCUT2D eigenvalue weighted by Gasteiger charge is 2.09. The Hall–Kier alpha value is -1.62. The zero-order chi connectivity index (χ0) is 12.3. The molecule has 2 aromatic rings. The predicted octanol–water partition coefficient (Wildman–Crippen LogP) is 3.17. The summed E-state index contributed by atoms with van der Waals surface area (Å²) in [6.07, 6.45) is 0. The van der Waals surface area contributed by atoms with Gasteiger partial charge >= 0.3 is 6.03 Å². The summed E-state index contributed by atoms with van der Waals surface area (Å²) in [7, 11) is 0. The van der Waals surface area contributed by atoms with Crippen LogP contribution in [-0.2, 0) is 0 Å². The lowest BCUT2D eigenvalue weighted by molar-refractivity contribution is 0.217. The van der Waals surface area contributed by atoms with Crippen LogP contribution in [0.4, 0.5) is 10.5 Å². The van der Waals surface area contributed by atoms with Gasteiger partial charge in [-0.3, -0.25) is 0 Å². The largest absolute Gasteiger partial charge is 0.325 e. The molecule has 1 aromatic carbocycles. The van der Waals surface area contributed by atoms with Crippen LogP contribution >= 0.6 is 11.3 Å². The zero-order valence-electron chi connectivity index (χ0n) is 9.93. The number of hydrogen-bond donors (Lipinski definition) is 1. The molecule has 90 valence electrons. The van der Waals surface area contributed by atoms with Crippen molar-refractivity contribution >= 4 is 33.3 Å². The molecule has 17 heavy (non-hydrogen) atoms. The van der Waals surface area contributed by atoms with Crippen LogP contribution in [0.2, 0.25) is 0 Å². The van der Waals surface area contributed by atoms with Crippen LogP contribution in [0.5, 0.6) is 0 Å². The van der Waals surface area contributed by atoms with E-state index in [0.717, 1.165) is 15.9 Å². The first-order valence-corrected chi connectivity index (χ1v) is 6.51. The molecular weight excluding hydrogens is 234 g/mol. The molecule has 4 nitrogen and oxygen atoms in total. The minimum absolute atomic E-state index is 0.0566. The minimum atomic E-state index is -0.0566. The molecule has 0 saturated carbocycles. The number of nitrogens with zero attached hydrogens (tertiary/aromatic N) is 2. The van der Waals surface area contributed by atoms with Crippen molar-refractivity contribution < 1.29 is 4.79 Å². The highest BCUT2D eigenvalue weighted by Crippen LogP contribution is 2.21. The van der Waals surface area contributed by atoms with Crippen LogP contribution in [0.1, 0.15) is 13.8 Å². The molecule has 5 heteroatoms. The normalized spacial score (nSPS) is 10.5. The first-order valence-electron chi connectivity index (χ1n) is 5.63. The van der Waals surface area contributed by atoms with Gasteiger partial charge in [0.1, 0.15) is 0 Å². The quantitative estimate of drug-likeness (QED) is 0.908. The third-order valence-electron chi connectivity index (χ3n) is 2.63. The molecule has 0 bridgehead atoms. The van der Waals surface area contributed by atoms with Gasteiger partial charge in [-0.1, -0.05) is 0 Å². The van der Waals surface area contributed by atoms with Crippen LogP contribution < -0.4 is 5.32 Å². The molecule has 2 rings (SSSR count). The highest BCUT2D eigenvalue weighted by atomic mass is 32.1. The van der Waals surface area contributed by atoms with Crippen LogP contribution in [0.15, 0.2) is 23.7 Å². The molecule has 1 N–H and O–H groups in total. The molecule has 0 radical (unpaired) electrons. The van der Waals surface area contributed by atoms with E-state index in [1.807, 2.05) is 32.0 Å². The van der Waals surface area contributed by atoms with E-state index in [9.17, 15) is 4.79 Å². The van der Waals surface area contributed by atoms with Crippen molar-refractivity contribution in [2.24, 2.45) is 0 Å². The number of urea groups is 1. The van der Waals surface area contributed by atoms with Crippen LogP contribution in [0.3, 0.4) is 0 Å².